The van der Waals surface area contributed by atoms with Gasteiger partial charge in [0.05, 0.1) is 12.1 Å². The zero-order valence-corrected chi connectivity index (χ0v) is 17.3. The number of benzene rings is 3. The molecule has 0 bridgehead atoms. The van der Waals surface area contributed by atoms with Crippen molar-refractivity contribution >= 4 is 17.6 Å². The smallest absolute Gasteiger partial charge is 0.335 e. The lowest BCUT2D eigenvalue weighted by Crippen LogP contribution is -2.30. The minimum Gasteiger partial charge on any atom is -0.478 e. The Kier molecular flexibility index (Phi) is 6.94. The number of carboxylic acid groups (broad SMARTS) is 1. The minimum atomic E-state index is -1.20. The van der Waals surface area contributed by atoms with Gasteiger partial charge in [0, 0.05) is 29.5 Å². The van der Waals surface area contributed by atoms with Crippen LogP contribution in [0.2, 0.25) is 0 Å². The molecule has 1 N–H and O–H groups in total. The lowest BCUT2D eigenvalue weighted by molar-refractivity contribution is -0.479. The first kappa shape index (κ1) is 22.6. The molecular formula is C24H21FN2O5. The molecule has 0 aliphatic heterocycles. The molecule has 0 saturated heterocycles. The molecule has 7 nitrogen and oxygen atoms in total. The highest BCUT2D eigenvalue weighted by Crippen LogP contribution is 2.28. The Morgan fingerprint density at radius 1 is 1.00 bits per heavy atom. The van der Waals surface area contributed by atoms with E-state index in [1.807, 2.05) is 30.3 Å². The van der Waals surface area contributed by atoms with Gasteiger partial charge >= 0.3 is 5.97 Å². The summed E-state index contributed by atoms with van der Waals surface area (Å²) in [7, 11) is 0. The maximum atomic E-state index is 14.9. The number of amides is 1. The summed E-state index contributed by atoms with van der Waals surface area (Å²) in [6, 6.07) is 18.0. The third-order valence-electron chi connectivity index (χ3n) is 5.06. The first-order valence-electron chi connectivity index (χ1n) is 9.86. The molecule has 8 heteroatoms. The molecule has 1 amide bonds. The van der Waals surface area contributed by atoms with Gasteiger partial charge in [-0.15, -0.1) is 0 Å². The highest BCUT2D eigenvalue weighted by molar-refractivity contribution is 5.95. The molecule has 0 aromatic heterocycles. The summed E-state index contributed by atoms with van der Waals surface area (Å²) in [4.78, 5) is 35.5. The first-order chi connectivity index (χ1) is 15.3. The number of carbonyl (C=O) groups is 2. The fourth-order valence-electron chi connectivity index (χ4n) is 3.39. The lowest BCUT2D eigenvalue weighted by Gasteiger charge is -2.25. The first-order valence-corrected chi connectivity index (χ1v) is 9.86. The summed E-state index contributed by atoms with van der Waals surface area (Å²) in [6.45, 7) is 0.747. The Morgan fingerprint density at radius 2 is 1.69 bits per heavy atom. The predicted molar refractivity (Wildman–Crippen MR) is 118 cm³/mol. The number of halogens is 1. The van der Waals surface area contributed by atoms with Crippen LogP contribution in [0.5, 0.6) is 0 Å². The Hall–Kier alpha value is -4.07. The molecule has 3 aromatic carbocycles. The van der Waals surface area contributed by atoms with Gasteiger partial charge in [-0.05, 0) is 34.9 Å². The van der Waals surface area contributed by atoms with Crippen LogP contribution in [-0.4, -0.2) is 28.5 Å². The van der Waals surface area contributed by atoms with Crippen molar-refractivity contribution in [2.75, 3.05) is 11.4 Å². The van der Waals surface area contributed by atoms with Crippen LogP contribution in [0.1, 0.15) is 28.4 Å². The molecule has 0 atom stereocenters. The second-order valence-electron chi connectivity index (χ2n) is 7.23. The van der Waals surface area contributed by atoms with Gasteiger partial charge in [-0.25, -0.2) is 9.18 Å². The minimum absolute atomic E-state index is 0.00143. The Morgan fingerprint density at radius 3 is 2.28 bits per heavy atom. The van der Waals surface area contributed by atoms with E-state index in [1.54, 1.807) is 12.1 Å². The summed E-state index contributed by atoms with van der Waals surface area (Å²) in [5, 5.41) is 20.2. The van der Waals surface area contributed by atoms with Crippen LogP contribution in [0, 0.1) is 15.9 Å². The van der Waals surface area contributed by atoms with Gasteiger partial charge < -0.3 is 10.0 Å². The van der Waals surface area contributed by atoms with Gasteiger partial charge in [-0.3, -0.25) is 14.9 Å². The van der Waals surface area contributed by atoms with Crippen molar-refractivity contribution in [1.29, 1.82) is 0 Å². The van der Waals surface area contributed by atoms with Crippen LogP contribution in [0.25, 0.3) is 11.1 Å². The van der Waals surface area contributed by atoms with Crippen molar-refractivity contribution in [2.24, 2.45) is 0 Å². The highest BCUT2D eigenvalue weighted by Gasteiger charge is 2.21. The monoisotopic (exact) mass is 436 g/mol. The third kappa shape index (κ3) is 5.34. The van der Waals surface area contributed by atoms with Crippen LogP contribution in [-0.2, 0) is 17.8 Å². The van der Waals surface area contributed by atoms with Gasteiger partial charge in [0.15, 0.2) is 0 Å². The summed E-state index contributed by atoms with van der Waals surface area (Å²) in [5.41, 5.74) is 2.34. The van der Waals surface area contributed by atoms with E-state index in [0.717, 1.165) is 5.56 Å². The van der Waals surface area contributed by atoms with Gasteiger partial charge in [0.25, 0.3) is 0 Å². The molecule has 3 aromatic rings. The second-order valence-corrected chi connectivity index (χ2v) is 7.23. The zero-order chi connectivity index (χ0) is 23.3. The van der Waals surface area contributed by atoms with Crippen LogP contribution in [0.3, 0.4) is 0 Å². The van der Waals surface area contributed by atoms with Gasteiger partial charge in [-0.2, -0.15) is 0 Å². The van der Waals surface area contributed by atoms with Crippen molar-refractivity contribution in [2.45, 2.75) is 19.9 Å². The third-order valence-corrected chi connectivity index (χ3v) is 5.06. The van der Waals surface area contributed by atoms with E-state index in [0.29, 0.717) is 11.1 Å². The van der Waals surface area contributed by atoms with Crippen LogP contribution in [0.4, 0.5) is 10.1 Å². The molecule has 0 spiro atoms. The number of nitrogens with zero attached hydrogens (tertiary/aromatic N) is 2. The normalized spacial score (nSPS) is 10.6. The van der Waals surface area contributed by atoms with E-state index in [9.17, 15) is 29.2 Å². The molecule has 0 heterocycles. The topological polar surface area (TPSA) is 101 Å². The predicted octanol–water partition coefficient (Wildman–Crippen LogP) is 4.56. The number of anilines is 1. The summed E-state index contributed by atoms with van der Waals surface area (Å²) >= 11 is 0. The van der Waals surface area contributed by atoms with Gasteiger partial charge in [-0.1, -0.05) is 48.5 Å². The number of nitro groups is 1. The quantitative estimate of drug-likeness (QED) is 0.412. The Bertz CT molecular complexity index is 1160. The second kappa shape index (κ2) is 9.82. The number of rotatable bonds is 8. The summed E-state index contributed by atoms with van der Waals surface area (Å²) in [6.07, 6.45) is 0.00143. The van der Waals surface area contributed by atoms with Crippen molar-refractivity contribution in [1.82, 2.24) is 0 Å². The Balaban J connectivity index is 1.98. The van der Waals surface area contributed by atoms with Gasteiger partial charge in [0.1, 0.15) is 5.82 Å². The number of aromatic carboxylic acids is 1. The molecule has 0 unspecified atom stereocenters. The van der Waals surface area contributed by atoms with Crippen molar-refractivity contribution in [3.8, 4) is 11.1 Å². The largest absolute Gasteiger partial charge is 0.478 e. The average molecular weight is 436 g/mol. The molecule has 0 aliphatic carbocycles. The zero-order valence-electron chi connectivity index (χ0n) is 17.3. The maximum absolute atomic E-state index is 14.9. The van der Waals surface area contributed by atoms with Crippen molar-refractivity contribution in [3.05, 3.63) is 99.4 Å². The number of carbonyl (C=O) groups excluding carboxylic acids is 1. The number of carboxylic acids is 1. The van der Waals surface area contributed by atoms with E-state index in [2.05, 4.69) is 0 Å². The van der Waals surface area contributed by atoms with E-state index >= 15 is 0 Å². The summed E-state index contributed by atoms with van der Waals surface area (Å²) < 4.78 is 14.9. The molecule has 0 radical (unpaired) electrons. The molecule has 3 rings (SSSR count). The SMILES string of the molecule is CC(=O)N(Cc1ccc(-c2ccccc2)cc1F)c1cc(C(=O)O)ccc1CC[N+](=O)[O-]. The van der Waals surface area contributed by atoms with Crippen molar-refractivity contribution < 1.29 is 24.0 Å². The molecule has 164 valence electrons. The van der Waals surface area contributed by atoms with Crippen LogP contribution >= 0.6 is 0 Å². The summed E-state index contributed by atoms with van der Waals surface area (Å²) in [5.74, 6) is -2.16. The highest BCUT2D eigenvalue weighted by atomic mass is 19.1. The maximum Gasteiger partial charge on any atom is 0.335 e. The van der Waals surface area contributed by atoms with E-state index in [4.69, 9.17) is 0 Å². The standard InChI is InChI=1S/C24H21FN2O5/c1-16(28)26(23-14-20(24(29)30)9-7-18(23)11-12-27(31)32)15-21-10-8-19(13-22(21)25)17-5-3-2-4-6-17/h2-10,13-14H,11-12,15H2,1H3,(H,29,30). The van der Waals surface area contributed by atoms with E-state index in [-0.39, 0.29) is 36.3 Å². The van der Waals surface area contributed by atoms with Crippen LogP contribution < -0.4 is 4.90 Å². The average Bonchev–Trinajstić information content (AvgIpc) is 2.77. The van der Waals surface area contributed by atoms with E-state index in [1.165, 1.54) is 36.1 Å². The molecule has 0 saturated carbocycles. The molecule has 32 heavy (non-hydrogen) atoms. The fraction of sp³-hybridized carbons (Fsp3) is 0.167. The Labute approximate surface area is 183 Å². The molecule has 0 fully saturated rings. The molecular weight excluding hydrogens is 415 g/mol. The number of hydrogen-bond donors (Lipinski definition) is 1. The number of hydrogen-bond acceptors (Lipinski definition) is 4. The molecule has 0 aliphatic rings. The van der Waals surface area contributed by atoms with Crippen LogP contribution in [0.15, 0.2) is 66.7 Å². The lowest BCUT2D eigenvalue weighted by atomic mass is 10.0. The fourth-order valence-corrected chi connectivity index (χ4v) is 3.39. The van der Waals surface area contributed by atoms with E-state index < -0.39 is 22.6 Å². The van der Waals surface area contributed by atoms with Gasteiger partial charge in [0.2, 0.25) is 12.5 Å². The van der Waals surface area contributed by atoms with Crippen molar-refractivity contribution in [3.63, 3.8) is 0 Å².